The lowest BCUT2D eigenvalue weighted by atomic mass is 10.2. The highest BCUT2D eigenvalue weighted by molar-refractivity contribution is 7.89. The number of H-pyrrole nitrogens is 1. The minimum Gasteiger partial charge on any atom is -0.472 e. The van der Waals surface area contributed by atoms with Crippen LogP contribution in [0.4, 0.5) is 0 Å². The van der Waals surface area contributed by atoms with Crippen LogP contribution in [0, 0.1) is 13.8 Å². The molecular weight excluding hydrogens is 340 g/mol. The fourth-order valence-electron chi connectivity index (χ4n) is 3.01. The third-order valence-corrected chi connectivity index (χ3v) is 6.43. The number of aryl methyl sites for hydroxylation is 2. The van der Waals surface area contributed by atoms with Crippen molar-refractivity contribution in [3.05, 3.63) is 47.8 Å². The van der Waals surface area contributed by atoms with E-state index in [2.05, 4.69) is 15.2 Å². The maximum absolute atomic E-state index is 12.7. The molecule has 0 aliphatic carbocycles. The zero-order valence-corrected chi connectivity index (χ0v) is 14.7. The summed E-state index contributed by atoms with van der Waals surface area (Å²) in [6, 6.07) is 11.5. The molecule has 1 aliphatic rings. The monoisotopic (exact) mass is 358 g/mol. The molecule has 1 aromatic carbocycles. The lowest BCUT2D eigenvalue weighted by Crippen LogP contribution is -2.56. The minimum atomic E-state index is -3.54. The zero-order chi connectivity index (χ0) is 17.6. The van der Waals surface area contributed by atoms with Gasteiger partial charge >= 0.3 is 0 Å². The van der Waals surface area contributed by atoms with Gasteiger partial charge in [-0.3, -0.25) is 5.10 Å². The van der Waals surface area contributed by atoms with Gasteiger partial charge in [0.15, 0.2) is 0 Å². The van der Waals surface area contributed by atoms with E-state index in [1.807, 2.05) is 36.4 Å². The predicted molar refractivity (Wildman–Crippen MR) is 93.0 cm³/mol. The number of pyridine rings is 1. The molecule has 3 aromatic rings. The first-order chi connectivity index (χ1) is 11.9. The van der Waals surface area contributed by atoms with E-state index < -0.39 is 10.0 Å². The largest absolute Gasteiger partial charge is 0.472 e. The SMILES string of the molecule is Cc1n[nH]c(C)c1S(=O)(=O)N1CC(Oc2ccc3ccccc3n2)C1. The minimum absolute atomic E-state index is 0.198. The Labute approximate surface area is 145 Å². The van der Waals surface area contributed by atoms with Crippen LogP contribution < -0.4 is 4.74 Å². The molecule has 130 valence electrons. The molecule has 0 bridgehead atoms. The van der Waals surface area contributed by atoms with Gasteiger partial charge < -0.3 is 4.74 Å². The average Bonchev–Trinajstić information content (AvgIpc) is 2.89. The summed E-state index contributed by atoms with van der Waals surface area (Å²) in [6.07, 6.45) is -0.198. The number of sulfonamides is 1. The van der Waals surface area contributed by atoms with Crippen LogP contribution in [0.5, 0.6) is 5.88 Å². The normalized spacial score (nSPS) is 16.1. The Balaban J connectivity index is 1.46. The van der Waals surface area contributed by atoms with Crippen molar-refractivity contribution in [1.82, 2.24) is 19.5 Å². The van der Waals surface area contributed by atoms with Crippen LogP contribution in [0.3, 0.4) is 0 Å². The van der Waals surface area contributed by atoms with Gasteiger partial charge in [-0.2, -0.15) is 9.40 Å². The van der Waals surface area contributed by atoms with E-state index in [4.69, 9.17) is 4.74 Å². The highest BCUT2D eigenvalue weighted by Gasteiger charge is 2.40. The van der Waals surface area contributed by atoms with Crippen molar-refractivity contribution in [1.29, 1.82) is 0 Å². The predicted octanol–water partition coefficient (Wildman–Crippen LogP) is 2.03. The smallest absolute Gasteiger partial charge is 0.246 e. The second kappa shape index (κ2) is 5.82. The number of benzene rings is 1. The lowest BCUT2D eigenvalue weighted by Gasteiger charge is -2.37. The Morgan fingerprint density at radius 1 is 1.16 bits per heavy atom. The van der Waals surface area contributed by atoms with Gasteiger partial charge in [0.1, 0.15) is 11.0 Å². The van der Waals surface area contributed by atoms with Crippen molar-refractivity contribution >= 4 is 20.9 Å². The number of hydrogen-bond acceptors (Lipinski definition) is 5. The molecule has 4 rings (SSSR count). The first kappa shape index (κ1) is 16.0. The third kappa shape index (κ3) is 2.77. The molecule has 0 saturated carbocycles. The molecule has 1 N–H and O–H groups in total. The first-order valence-electron chi connectivity index (χ1n) is 7.99. The van der Waals surface area contributed by atoms with E-state index in [1.54, 1.807) is 13.8 Å². The van der Waals surface area contributed by atoms with Crippen molar-refractivity contribution in [2.75, 3.05) is 13.1 Å². The molecule has 2 aromatic heterocycles. The number of hydrogen-bond donors (Lipinski definition) is 1. The van der Waals surface area contributed by atoms with Crippen LogP contribution in [0.15, 0.2) is 41.3 Å². The number of aromatic amines is 1. The summed E-state index contributed by atoms with van der Waals surface area (Å²) in [7, 11) is -3.54. The number of para-hydroxylation sites is 1. The van der Waals surface area contributed by atoms with Crippen molar-refractivity contribution in [2.24, 2.45) is 0 Å². The quantitative estimate of drug-likeness (QED) is 0.771. The van der Waals surface area contributed by atoms with Gasteiger partial charge in [-0.15, -0.1) is 0 Å². The number of ether oxygens (including phenoxy) is 1. The van der Waals surface area contributed by atoms with E-state index in [9.17, 15) is 8.42 Å². The average molecular weight is 358 g/mol. The lowest BCUT2D eigenvalue weighted by molar-refractivity contribution is 0.0723. The number of aromatic nitrogens is 3. The molecule has 8 heteroatoms. The van der Waals surface area contributed by atoms with Crippen LogP contribution in [0.25, 0.3) is 10.9 Å². The van der Waals surface area contributed by atoms with Gasteiger partial charge in [0.05, 0.1) is 30.0 Å². The first-order valence-corrected chi connectivity index (χ1v) is 9.43. The van der Waals surface area contributed by atoms with Gasteiger partial charge in [0, 0.05) is 11.5 Å². The molecule has 25 heavy (non-hydrogen) atoms. The topological polar surface area (TPSA) is 88.2 Å². The summed E-state index contributed by atoms with van der Waals surface area (Å²) in [5, 5.41) is 7.72. The van der Waals surface area contributed by atoms with E-state index in [1.165, 1.54) is 4.31 Å². The molecule has 7 nitrogen and oxygen atoms in total. The summed E-state index contributed by atoms with van der Waals surface area (Å²) in [5.74, 6) is 0.511. The van der Waals surface area contributed by atoms with Crippen molar-refractivity contribution < 1.29 is 13.2 Å². The molecule has 0 unspecified atom stereocenters. The standard InChI is InChI=1S/C17H18N4O3S/c1-11-17(12(2)20-19-11)25(22,23)21-9-14(10-21)24-16-8-7-13-5-3-4-6-15(13)18-16/h3-8,14H,9-10H2,1-2H3,(H,19,20). The van der Waals surface area contributed by atoms with Crippen LogP contribution in [-0.4, -0.2) is 47.1 Å². The molecule has 3 heterocycles. The summed E-state index contributed by atoms with van der Waals surface area (Å²) in [6.45, 7) is 4.00. The Morgan fingerprint density at radius 2 is 1.92 bits per heavy atom. The zero-order valence-electron chi connectivity index (χ0n) is 13.9. The molecule has 1 fully saturated rings. The second-order valence-corrected chi connectivity index (χ2v) is 8.04. The van der Waals surface area contributed by atoms with Crippen LogP contribution in [-0.2, 0) is 10.0 Å². The van der Waals surface area contributed by atoms with E-state index in [0.717, 1.165) is 10.9 Å². The van der Waals surface area contributed by atoms with Crippen molar-refractivity contribution in [3.8, 4) is 5.88 Å². The van der Waals surface area contributed by atoms with Crippen LogP contribution >= 0.6 is 0 Å². The van der Waals surface area contributed by atoms with Gasteiger partial charge in [-0.05, 0) is 26.0 Å². The summed E-state index contributed by atoms with van der Waals surface area (Å²) in [4.78, 5) is 4.72. The van der Waals surface area contributed by atoms with Gasteiger partial charge in [-0.1, -0.05) is 18.2 Å². The maximum Gasteiger partial charge on any atom is 0.246 e. The van der Waals surface area contributed by atoms with Gasteiger partial charge in [0.25, 0.3) is 0 Å². The number of nitrogens with one attached hydrogen (secondary N) is 1. The Morgan fingerprint density at radius 3 is 2.64 bits per heavy atom. The fraction of sp³-hybridized carbons (Fsp3) is 0.294. The molecule has 1 aliphatic heterocycles. The van der Waals surface area contributed by atoms with Crippen LogP contribution in [0.1, 0.15) is 11.4 Å². The Bertz CT molecular complexity index is 1020. The molecule has 1 saturated heterocycles. The van der Waals surface area contributed by atoms with Gasteiger partial charge in [0.2, 0.25) is 15.9 Å². The highest BCUT2D eigenvalue weighted by Crippen LogP contribution is 2.27. The van der Waals surface area contributed by atoms with E-state index in [0.29, 0.717) is 30.4 Å². The second-order valence-electron chi connectivity index (χ2n) is 6.17. The molecule has 0 spiro atoms. The third-order valence-electron chi connectivity index (χ3n) is 4.33. The summed E-state index contributed by atoms with van der Waals surface area (Å²) >= 11 is 0. The molecule has 0 atom stereocenters. The fourth-order valence-corrected chi connectivity index (χ4v) is 4.84. The number of nitrogens with zero attached hydrogens (tertiary/aromatic N) is 3. The summed E-state index contributed by atoms with van der Waals surface area (Å²) in [5.41, 5.74) is 1.89. The maximum atomic E-state index is 12.7. The van der Waals surface area contributed by atoms with Crippen LogP contribution in [0.2, 0.25) is 0 Å². The summed E-state index contributed by atoms with van der Waals surface area (Å²) < 4.78 is 32.6. The molecule has 0 amide bonds. The van der Waals surface area contributed by atoms with Crippen molar-refractivity contribution in [2.45, 2.75) is 24.8 Å². The van der Waals surface area contributed by atoms with Gasteiger partial charge in [-0.25, -0.2) is 13.4 Å². The number of rotatable bonds is 4. The van der Waals surface area contributed by atoms with E-state index >= 15 is 0 Å². The Kier molecular flexibility index (Phi) is 3.73. The highest BCUT2D eigenvalue weighted by atomic mass is 32.2. The number of fused-ring (bicyclic) bond motifs is 1. The molecule has 0 radical (unpaired) electrons. The van der Waals surface area contributed by atoms with E-state index in [-0.39, 0.29) is 11.0 Å². The Hall–Kier alpha value is -2.45. The van der Waals surface area contributed by atoms with Crippen molar-refractivity contribution in [3.63, 3.8) is 0 Å². The molecular formula is C17H18N4O3S.